The molecule has 1 unspecified atom stereocenters. The number of allylic oxidation sites excluding steroid dienone is 2. The summed E-state index contributed by atoms with van der Waals surface area (Å²) in [6.45, 7) is 13.7. The molecule has 3 heterocycles. The molecule has 5 aliphatic rings. The van der Waals surface area contributed by atoms with Crippen molar-refractivity contribution in [3.05, 3.63) is 71.0 Å². The van der Waals surface area contributed by atoms with Gasteiger partial charge in [-0.3, -0.25) is 19.2 Å². The van der Waals surface area contributed by atoms with Crippen molar-refractivity contribution < 1.29 is 37.8 Å². The standard InChI is InChI=1S/C38H42O8/c1-19-23(22-14-16-44-29(22)20-9-11-21(12-10-20)32(41)35(2,3)4)17-24-28(19)38(7)25(18-27(40)43-8)37(6)26(39)13-15-36(5)31(37)30(33(38)45-24)46-34(36)42/h9-16,23-25,30-31,33H,17-18H2,1-8H3/t23?,24-,25-,30-,31+,33-,36-,37+,38-/m1/s1. The highest BCUT2D eigenvalue weighted by Crippen LogP contribution is 2.72. The Hall–Kier alpha value is -3.78. The number of benzene rings is 1. The van der Waals surface area contributed by atoms with Crippen LogP contribution in [-0.4, -0.2) is 48.9 Å². The summed E-state index contributed by atoms with van der Waals surface area (Å²) >= 11 is 0. The number of ketones is 2. The van der Waals surface area contributed by atoms with Crippen LogP contribution in [0.15, 0.2) is 64.3 Å². The van der Waals surface area contributed by atoms with Crippen LogP contribution in [0.2, 0.25) is 0 Å². The van der Waals surface area contributed by atoms with Crippen LogP contribution >= 0.6 is 0 Å². The smallest absolute Gasteiger partial charge is 0.316 e. The first kappa shape index (κ1) is 30.9. The summed E-state index contributed by atoms with van der Waals surface area (Å²) < 4.78 is 24.3. The third-order valence-corrected chi connectivity index (χ3v) is 12.1. The van der Waals surface area contributed by atoms with Gasteiger partial charge in [-0.2, -0.15) is 0 Å². The van der Waals surface area contributed by atoms with Gasteiger partial charge in [-0.15, -0.1) is 0 Å². The van der Waals surface area contributed by atoms with Gasteiger partial charge in [-0.1, -0.05) is 70.5 Å². The van der Waals surface area contributed by atoms with Crippen molar-refractivity contribution in [3.63, 3.8) is 0 Å². The lowest BCUT2D eigenvalue weighted by Crippen LogP contribution is -2.66. The molecule has 2 aliphatic heterocycles. The fourth-order valence-electron chi connectivity index (χ4n) is 9.94. The van der Waals surface area contributed by atoms with Crippen LogP contribution in [0, 0.1) is 33.5 Å². The molecule has 8 nitrogen and oxygen atoms in total. The molecule has 9 atom stereocenters. The largest absolute Gasteiger partial charge is 0.469 e. The second-order valence-corrected chi connectivity index (χ2v) is 15.5. The van der Waals surface area contributed by atoms with Gasteiger partial charge in [0.2, 0.25) is 0 Å². The van der Waals surface area contributed by atoms with Gasteiger partial charge in [0.05, 0.1) is 31.3 Å². The van der Waals surface area contributed by atoms with E-state index in [1.54, 1.807) is 12.3 Å². The molecule has 1 saturated carbocycles. The Morgan fingerprint density at radius 3 is 2.37 bits per heavy atom. The molecule has 2 aromatic rings. The van der Waals surface area contributed by atoms with E-state index in [0.29, 0.717) is 12.0 Å². The molecular formula is C38H42O8. The first-order valence-corrected chi connectivity index (χ1v) is 16.2. The second kappa shape index (κ2) is 9.86. The molecule has 3 aliphatic carbocycles. The monoisotopic (exact) mass is 626 g/mol. The van der Waals surface area contributed by atoms with E-state index in [9.17, 15) is 19.2 Å². The number of ether oxygens (including phenoxy) is 3. The number of methoxy groups -OCH3 is 1. The average Bonchev–Trinajstić information content (AvgIpc) is 3.75. The molecule has 242 valence electrons. The van der Waals surface area contributed by atoms with Gasteiger partial charge in [0.1, 0.15) is 18.0 Å². The lowest BCUT2D eigenvalue weighted by atomic mass is 9.42. The number of esters is 2. The first-order chi connectivity index (χ1) is 21.6. The molecule has 0 N–H and O–H groups in total. The van der Waals surface area contributed by atoms with Crippen LogP contribution in [0.25, 0.3) is 11.3 Å². The zero-order chi connectivity index (χ0) is 33.1. The van der Waals surface area contributed by atoms with Crippen LogP contribution in [0.3, 0.4) is 0 Å². The van der Waals surface area contributed by atoms with Crippen LogP contribution < -0.4 is 0 Å². The number of hydrogen-bond acceptors (Lipinski definition) is 8. The number of carbonyl (C=O) groups is 4. The summed E-state index contributed by atoms with van der Waals surface area (Å²) in [6, 6.07) is 9.54. The summed E-state index contributed by atoms with van der Waals surface area (Å²) in [5, 5.41) is 0. The molecule has 3 fully saturated rings. The van der Waals surface area contributed by atoms with Crippen LogP contribution in [0.5, 0.6) is 0 Å². The molecule has 0 bridgehead atoms. The quantitative estimate of drug-likeness (QED) is 0.207. The highest BCUT2D eigenvalue weighted by atomic mass is 16.6. The lowest BCUT2D eigenvalue weighted by Gasteiger charge is -2.59. The molecule has 0 radical (unpaired) electrons. The van der Waals surface area contributed by atoms with Crippen LogP contribution in [0.4, 0.5) is 0 Å². The third-order valence-electron chi connectivity index (χ3n) is 12.1. The van der Waals surface area contributed by atoms with Crippen molar-refractivity contribution in [2.75, 3.05) is 7.11 Å². The van der Waals surface area contributed by atoms with E-state index in [-0.39, 0.29) is 36.0 Å². The Kier molecular flexibility index (Phi) is 6.62. The fraction of sp³-hybridized carbons (Fsp3) is 0.526. The van der Waals surface area contributed by atoms with Crippen molar-refractivity contribution in [1.29, 1.82) is 0 Å². The summed E-state index contributed by atoms with van der Waals surface area (Å²) in [6.07, 6.45) is 4.12. The summed E-state index contributed by atoms with van der Waals surface area (Å²) in [7, 11) is 1.36. The minimum atomic E-state index is -1.06. The van der Waals surface area contributed by atoms with E-state index in [2.05, 4.69) is 13.8 Å². The van der Waals surface area contributed by atoms with E-state index in [4.69, 9.17) is 18.6 Å². The number of fused-ring (bicyclic) bond motifs is 4. The minimum Gasteiger partial charge on any atom is -0.469 e. The van der Waals surface area contributed by atoms with E-state index >= 15 is 0 Å². The zero-order valence-corrected chi connectivity index (χ0v) is 27.8. The van der Waals surface area contributed by atoms with E-state index in [1.165, 1.54) is 13.2 Å². The molecule has 0 spiro atoms. The molecule has 2 saturated heterocycles. The number of carbonyl (C=O) groups excluding carboxylic acids is 4. The Morgan fingerprint density at radius 1 is 1.02 bits per heavy atom. The van der Waals surface area contributed by atoms with Gasteiger partial charge in [-0.05, 0) is 43.9 Å². The van der Waals surface area contributed by atoms with Crippen LogP contribution in [0.1, 0.15) is 83.1 Å². The van der Waals surface area contributed by atoms with E-state index in [0.717, 1.165) is 28.0 Å². The highest BCUT2D eigenvalue weighted by molar-refractivity contribution is 6.01. The SMILES string of the molecule is COC(=O)C[C@H]1[C@]2(C)C3=C(C)C(c4ccoc4-c4ccc(C(=O)C(C)(C)C)cc4)C[C@H]3O[C@@H]2[C@@H]2OC(=O)[C@]3(C)C=CC(=O)[C@@]1(C)[C@@H]23. The molecule has 0 amide bonds. The molecule has 1 aromatic carbocycles. The third kappa shape index (κ3) is 3.88. The highest BCUT2D eigenvalue weighted by Gasteiger charge is 2.77. The van der Waals surface area contributed by atoms with Crippen molar-refractivity contribution in [3.8, 4) is 11.3 Å². The minimum absolute atomic E-state index is 0.0151. The maximum absolute atomic E-state index is 14.0. The molecule has 46 heavy (non-hydrogen) atoms. The van der Waals surface area contributed by atoms with Crippen LogP contribution in [-0.2, 0) is 28.6 Å². The topological polar surface area (TPSA) is 109 Å². The Bertz CT molecular complexity index is 1740. The summed E-state index contributed by atoms with van der Waals surface area (Å²) in [5.41, 5.74) is 1.41. The number of hydrogen-bond donors (Lipinski definition) is 0. The van der Waals surface area contributed by atoms with Gasteiger partial charge in [-0.25, -0.2) is 0 Å². The molecular weight excluding hydrogens is 584 g/mol. The Morgan fingerprint density at radius 2 is 1.72 bits per heavy atom. The molecule has 7 rings (SSSR count). The Labute approximate surface area is 269 Å². The predicted molar refractivity (Wildman–Crippen MR) is 169 cm³/mol. The van der Waals surface area contributed by atoms with Crippen molar-refractivity contribution in [2.45, 2.75) is 85.5 Å². The Balaban J connectivity index is 1.32. The number of rotatable bonds is 5. The van der Waals surface area contributed by atoms with Gasteiger partial charge in [0.15, 0.2) is 11.6 Å². The van der Waals surface area contributed by atoms with Gasteiger partial charge >= 0.3 is 11.9 Å². The number of Topliss-reactive ketones (excluding diaryl/α,β-unsaturated/α-hetero) is 1. The fourth-order valence-corrected chi connectivity index (χ4v) is 9.94. The number of furan rings is 1. The maximum atomic E-state index is 14.0. The normalized spacial score (nSPS) is 37.6. The van der Waals surface area contributed by atoms with E-state index in [1.807, 2.05) is 65.0 Å². The second-order valence-electron chi connectivity index (χ2n) is 15.5. The maximum Gasteiger partial charge on any atom is 0.316 e. The summed E-state index contributed by atoms with van der Waals surface area (Å²) in [4.78, 5) is 53.3. The zero-order valence-electron chi connectivity index (χ0n) is 27.8. The van der Waals surface area contributed by atoms with E-state index < -0.39 is 51.7 Å². The van der Waals surface area contributed by atoms with Gasteiger partial charge in [0.25, 0.3) is 0 Å². The average molecular weight is 627 g/mol. The molecule has 1 aromatic heterocycles. The van der Waals surface area contributed by atoms with Crippen molar-refractivity contribution >= 4 is 23.5 Å². The van der Waals surface area contributed by atoms with Crippen molar-refractivity contribution in [1.82, 2.24) is 0 Å². The van der Waals surface area contributed by atoms with Crippen molar-refractivity contribution in [2.24, 2.45) is 33.5 Å². The predicted octanol–water partition coefficient (Wildman–Crippen LogP) is 6.64. The first-order valence-electron chi connectivity index (χ1n) is 16.2. The molecule has 8 heteroatoms. The van der Waals surface area contributed by atoms with Gasteiger partial charge < -0.3 is 18.6 Å². The summed E-state index contributed by atoms with van der Waals surface area (Å²) in [5.74, 6) is -1.05. The van der Waals surface area contributed by atoms with Gasteiger partial charge in [0, 0.05) is 44.8 Å². The lowest BCUT2D eigenvalue weighted by molar-refractivity contribution is -0.190.